The fourth-order valence-corrected chi connectivity index (χ4v) is 3.64. The van der Waals surface area contributed by atoms with Crippen molar-refractivity contribution in [1.82, 2.24) is 10.6 Å². The van der Waals surface area contributed by atoms with Crippen LogP contribution in [-0.2, 0) is 16.1 Å². The molecule has 1 aromatic heterocycles. The van der Waals surface area contributed by atoms with Crippen LogP contribution in [0.25, 0.3) is 16.5 Å². The van der Waals surface area contributed by atoms with Crippen LogP contribution in [0.5, 0.6) is 0 Å². The van der Waals surface area contributed by atoms with E-state index in [0.717, 1.165) is 15.3 Å². The summed E-state index contributed by atoms with van der Waals surface area (Å²) in [4.78, 5) is 36.3. The topological polar surface area (TPSA) is 101 Å². The molecule has 0 aliphatic rings. The van der Waals surface area contributed by atoms with Gasteiger partial charge in [-0.15, -0.1) is 11.3 Å². The molecule has 3 rings (SSSR count). The Morgan fingerprint density at radius 1 is 0.968 bits per heavy atom. The van der Waals surface area contributed by atoms with Crippen LogP contribution in [0.15, 0.2) is 66.7 Å². The lowest BCUT2D eigenvalue weighted by molar-refractivity contribution is -0.117. The van der Waals surface area contributed by atoms with Gasteiger partial charge in [0.15, 0.2) is 0 Å². The molecule has 0 unspecified atom stereocenters. The number of thiophene rings is 1. The van der Waals surface area contributed by atoms with E-state index in [-0.39, 0.29) is 24.8 Å². The highest BCUT2D eigenvalue weighted by molar-refractivity contribution is 7.16. The van der Waals surface area contributed by atoms with E-state index in [0.29, 0.717) is 11.1 Å². The van der Waals surface area contributed by atoms with Crippen LogP contribution in [0.2, 0.25) is 0 Å². The average molecular weight is 437 g/mol. The Morgan fingerprint density at radius 3 is 2.42 bits per heavy atom. The molecular formula is C23H20FN3O3S. The van der Waals surface area contributed by atoms with E-state index in [2.05, 4.69) is 10.6 Å². The smallest absolute Gasteiger partial charge is 0.251 e. The predicted molar refractivity (Wildman–Crippen MR) is 119 cm³/mol. The zero-order chi connectivity index (χ0) is 22.2. The molecule has 0 aliphatic carbocycles. The summed E-state index contributed by atoms with van der Waals surface area (Å²) in [6.07, 6.45) is 3.10. The van der Waals surface area contributed by atoms with E-state index >= 15 is 0 Å². The van der Waals surface area contributed by atoms with E-state index in [1.807, 2.05) is 12.1 Å². The van der Waals surface area contributed by atoms with Gasteiger partial charge in [-0.3, -0.25) is 14.4 Å². The predicted octanol–water partition coefficient (Wildman–Crippen LogP) is 3.10. The highest BCUT2D eigenvalue weighted by atomic mass is 32.1. The number of halogens is 1. The first kappa shape index (κ1) is 21.9. The zero-order valence-corrected chi connectivity index (χ0v) is 17.2. The van der Waals surface area contributed by atoms with Crippen LogP contribution in [0.3, 0.4) is 0 Å². The lowest BCUT2D eigenvalue weighted by Crippen LogP contribution is -2.33. The minimum Gasteiger partial charge on any atom is -0.368 e. The van der Waals surface area contributed by atoms with Gasteiger partial charge >= 0.3 is 0 Å². The first-order chi connectivity index (χ1) is 14.9. The number of carbonyl (C=O) groups excluding carboxylic acids is 3. The molecule has 2 aromatic carbocycles. The highest BCUT2D eigenvalue weighted by Gasteiger charge is 2.08. The zero-order valence-electron chi connectivity index (χ0n) is 16.4. The Morgan fingerprint density at radius 2 is 1.71 bits per heavy atom. The van der Waals surface area contributed by atoms with Gasteiger partial charge in [-0.2, -0.15) is 0 Å². The van der Waals surface area contributed by atoms with Crippen molar-refractivity contribution in [2.45, 2.75) is 6.54 Å². The van der Waals surface area contributed by atoms with Gasteiger partial charge < -0.3 is 16.4 Å². The molecule has 0 aliphatic heterocycles. The molecule has 0 radical (unpaired) electrons. The third-order valence-electron chi connectivity index (χ3n) is 4.27. The van der Waals surface area contributed by atoms with E-state index in [4.69, 9.17) is 5.73 Å². The quantitative estimate of drug-likeness (QED) is 0.472. The van der Waals surface area contributed by atoms with Crippen molar-refractivity contribution in [2.24, 2.45) is 5.73 Å². The first-order valence-electron chi connectivity index (χ1n) is 9.38. The number of nitrogens with one attached hydrogen (secondary N) is 2. The summed E-state index contributed by atoms with van der Waals surface area (Å²) in [5.74, 6) is -1.58. The van der Waals surface area contributed by atoms with E-state index < -0.39 is 11.8 Å². The second-order valence-corrected chi connectivity index (χ2v) is 7.69. The highest BCUT2D eigenvalue weighted by Crippen LogP contribution is 2.30. The van der Waals surface area contributed by atoms with Crippen LogP contribution < -0.4 is 16.4 Å². The number of hydrogen-bond acceptors (Lipinski definition) is 4. The van der Waals surface area contributed by atoms with Gasteiger partial charge in [0.1, 0.15) is 5.82 Å². The lowest BCUT2D eigenvalue weighted by Gasteiger charge is -2.05. The molecule has 8 heteroatoms. The Bertz CT molecular complexity index is 1120. The Hall–Kier alpha value is -3.78. The maximum Gasteiger partial charge on any atom is 0.251 e. The molecule has 0 saturated carbocycles. The van der Waals surface area contributed by atoms with Gasteiger partial charge in [0.05, 0.1) is 6.54 Å². The Balaban J connectivity index is 1.51. The third kappa shape index (κ3) is 6.35. The van der Waals surface area contributed by atoms with Crippen molar-refractivity contribution < 1.29 is 18.8 Å². The summed E-state index contributed by atoms with van der Waals surface area (Å²) in [5, 5.41) is 5.17. The molecule has 3 amide bonds. The second-order valence-electron chi connectivity index (χ2n) is 6.58. The van der Waals surface area contributed by atoms with Crippen LogP contribution in [0.4, 0.5) is 4.39 Å². The monoisotopic (exact) mass is 437 g/mol. The van der Waals surface area contributed by atoms with Crippen molar-refractivity contribution in [2.75, 3.05) is 6.54 Å². The SMILES string of the molecule is NC(=O)CNC(=O)c1ccc(CNC(=O)/C=C/c2ccc(-c3ccccc3F)s2)cc1. The summed E-state index contributed by atoms with van der Waals surface area (Å²) in [6.45, 7) is 0.0618. The van der Waals surface area contributed by atoms with Crippen LogP contribution in [0, 0.1) is 5.82 Å². The average Bonchev–Trinajstić information content (AvgIpc) is 3.24. The molecule has 1 heterocycles. The second kappa shape index (κ2) is 10.3. The molecule has 158 valence electrons. The van der Waals surface area contributed by atoms with E-state index in [1.165, 1.54) is 23.5 Å². The molecule has 6 nitrogen and oxygen atoms in total. The van der Waals surface area contributed by atoms with Gasteiger partial charge in [-0.05, 0) is 42.0 Å². The van der Waals surface area contributed by atoms with Gasteiger partial charge in [-0.1, -0.05) is 30.3 Å². The normalized spacial score (nSPS) is 10.7. The summed E-state index contributed by atoms with van der Waals surface area (Å²) >= 11 is 1.39. The first-order valence-corrected chi connectivity index (χ1v) is 10.2. The van der Waals surface area contributed by atoms with Gasteiger partial charge in [0, 0.05) is 33.5 Å². The number of primary amides is 1. The van der Waals surface area contributed by atoms with Crippen molar-refractivity contribution in [3.05, 3.63) is 88.6 Å². The molecule has 31 heavy (non-hydrogen) atoms. The molecule has 0 fully saturated rings. The number of hydrogen-bond donors (Lipinski definition) is 3. The van der Waals surface area contributed by atoms with Crippen molar-refractivity contribution in [3.8, 4) is 10.4 Å². The third-order valence-corrected chi connectivity index (χ3v) is 5.35. The fourth-order valence-electron chi connectivity index (χ4n) is 2.70. The van der Waals surface area contributed by atoms with Gasteiger partial charge in [0.2, 0.25) is 11.8 Å². The minimum absolute atomic E-state index is 0.227. The Labute approximate surface area is 182 Å². The largest absolute Gasteiger partial charge is 0.368 e. The number of benzene rings is 2. The van der Waals surface area contributed by atoms with Gasteiger partial charge in [0.25, 0.3) is 5.91 Å². The van der Waals surface area contributed by atoms with Crippen molar-refractivity contribution >= 4 is 35.1 Å². The molecule has 0 saturated heterocycles. The molecule has 0 atom stereocenters. The van der Waals surface area contributed by atoms with Gasteiger partial charge in [-0.25, -0.2) is 4.39 Å². The van der Waals surface area contributed by atoms with Crippen LogP contribution in [0.1, 0.15) is 20.8 Å². The number of nitrogens with two attached hydrogens (primary N) is 1. The van der Waals surface area contributed by atoms with Crippen LogP contribution in [-0.4, -0.2) is 24.3 Å². The molecule has 0 spiro atoms. The van der Waals surface area contributed by atoms with E-state index in [1.54, 1.807) is 48.5 Å². The van der Waals surface area contributed by atoms with Crippen LogP contribution >= 0.6 is 11.3 Å². The lowest BCUT2D eigenvalue weighted by atomic mass is 10.1. The van der Waals surface area contributed by atoms with Crippen molar-refractivity contribution in [1.29, 1.82) is 0 Å². The molecule has 0 bridgehead atoms. The summed E-state index contributed by atoms with van der Waals surface area (Å²) in [5.41, 5.74) is 6.72. The van der Waals surface area contributed by atoms with Crippen molar-refractivity contribution in [3.63, 3.8) is 0 Å². The maximum atomic E-state index is 13.9. The number of amides is 3. The molecule has 4 N–H and O–H groups in total. The summed E-state index contributed by atoms with van der Waals surface area (Å²) in [7, 11) is 0. The molecular weight excluding hydrogens is 417 g/mol. The van der Waals surface area contributed by atoms with E-state index in [9.17, 15) is 18.8 Å². The fraction of sp³-hybridized carbons (Fsp3) is 0.0870. The molecule has 3 aromatic rings. The number of carbonyl (C=O) groups is 3. The number of rotatable bonds is 8. The Kier molecular flexibility index (Phi) is 7.29. The summed E-state index contributed by atoms with van der Waals surface area (Å²) < 4.78 is 13.9. The maximum absolute atomic E-state index is 13.9. The summed E-state index contributed by atoms with van der Waals surface area (Å²) in [6, 6.07) is 16.8. The minimum atomic E-state index is -0.619. The standard InChI is InChI=1S/C23H20FN3O3S/c24-19-4-2-1-3-18(19)20-11-9-17(31-20)10-12-22(29)26-13-15-5-7-16(8-6-15)23(30)27-14-21(25)28/h1-12H,13-14H2,(H2,25,28)(H,26,29)(H,27,30)/b12-10+.